The van der Waals surface area contributed by atoms with Crippen molar-refractivity contribution in [3.63, 3.8) is 0 Å². The van der Waals surface area contributed by atoms with Crippen LogP contribution in [0, 0.1) is 11.7 Å². The SMILES string of the molecule is COc1ccc(OC)c([C@H]2CCC[NH+]2Cn2[nH]c(-c3ccc(C)cc3)nc2=S)c1. The Morgan fingerprint density at radius 1 is 1.17 bits per heavy atom. The van der Waals surface area contributed by atoms with Gasteiger partial charge < -0.3 is 14.4 Å². The first-order chi connectivity index (χ1) is 14.1. The van der Waals surface area contributed by atoms with Crippen LogP contribution in [-0.4, -0.2) is 35.5 Å². The molecule has 3 aromatic rings. The second-order valence-electron chi connectivity index (χ2n) is 7.52. The Bertz CT molecular complexity index is 1040. The molecule has 1 aliphatic rings. The maximum atomic E-state index is 5.63. The average Bonchev–Trinajstić information content (AvgIpc) is 3.35. The van der Waals surface area contributed by atoms with E-state index in [4.69, 9.17) is 21.7 Å². The van der Waals surface area contributed by atoms with Crippen LogP contribution in [0.15, 0.2) is 42.5 Å². The fourth-order valence-corrected chi connectivity index (χ4v) is 4.30. The Kier molecular flexibility index (Phi) is 5.69. The predicted molar refractivity (Wildman–Crippen MR) is 115 cm³/mol. The monoisotopic (exact) mass is 411 g/mol. The van der Waals surface area contributed by atoms with Gasteiger partial charge in [0.2, 0.25) is 4.77 Å². The van der Waals surface area contributed by atoms with Crippen molar-refractivity contribution < 1.29 is 14.4 Å². The first kappa shape index (κ1) is 19.7. The minimum absolute atomic E-state index is 0.327. The number of aryl methyl sites for hydroxylation is 1. The van der Waals surface area contributed by atoms with Crippen molar-refractivity contribution in [1.29, 1.82) is 0 Å². The van der Waals surface area contributed by atoms with Crippen LogP contribution in [0.25, 0.3) is 11.4 Å². The average molecular weight is 412 g/mol. The molecular formula is C22H27N4O2S+. The van der Waals surface area contributed by atoms with Crippen LogP contribution in [0.3, 0.4) is 0 Å². The Balaban J connectivity index is 1.60. The van der Waals surface area contributed by atoms with Gasteiger partial charge in [-0.2, -0.15) is 4.98 Å². The second-order valence-corrected chi connectivity index (χ2v) is 7.88. The quantitative estimate of drug-likeness (QED) is 0.611. The van der Waals surface area contributed by atoms with Gasteiger partial charge in [-0.05, 0) is 37.3 Å². The molecule has 0 spiro atoms. The predicted octanol–water partition coefficient (Wildman–Crippen LogP) is 3.31. The lowest BCUT2D eigenvalue weighted by molar-refractivity contribution is -0.941. The molecule has 0 radical (unpaired) electrons. The van der Waals surface area contributed by atoms with Crippen LogP contribution >= 0.6 is 12.2 Å². The van der Waals surface area contributed by atoms with Crippen LogP contribution < -0.4 is 14.4 Å². The molecule has 2 atom stereocenters. The van der Waals surface area contributed by atoms with Crippen molar-refractivity contribution in [2.24, 2.45) is 0 Å². The van der Waals surface area contributed by atoms with Gasteiger partial charge in [0.15, 0.2) is 12.5 Å². The Labute approximate surface area is 176 Å². The number of likely N-dealkylation sites (tertiary alicyclic amines) is 1. The molecule has 6 nitrogen and oxygen atoms in total. The van der Waals surface area contributed by atoms with E-state index in [9.17, 15) is 0 Å². The number of hydrogen-bond acceptors (Lipinski definition) is 4. The Hall–Kier alpha value is -2.64. The fourth-order valence-electron chi connectivity index (χ4n) is 4.10. The minimum atomic E-state index is 0.327. The third-order valence-electron chi connectivity index (χ3n) is 5.66. The van der Waals surface area contributed by atoms with Gasteiger partial charge in [0.25, 0.3) is 0 Å². The maximum absolute atomic E-state index is 5.63. The lowest BCUT2D eigenvalue weighted by Gasteiger charge is -2.23. The van der Waals surface area contributed by atoms with Gasteiger partial charge in [0, 0.05) is 18.4 Å². The molecule has 1 aromatic heterocycles. The molecule has 152 valence electrons. The number of benzene rings is 2. The molecule has 2 aromatic carbocycles. The fraction of sp³-hybridized carbons (Fsp3) is 0.364. The van der Waals surface area contributed by atoms with Gasteiger partial charge in [0.05, 0.1) is 26.3 Å². The Morgan fingerprint density at radius 2 is 1.97 bits per heavy atom. The van der Waals surface area contributed by atoms with E-state index in [1.165, 1.54) is 16.0 Å². The van der Waals surface area contributed by atoms with Gasteiger partial charge in [-0.25, -0.2) is 4.68 Å². The zero-order valence-electron chi connectivity index (χ0n) is 17.1. The highest BCUT2D eigenvalue weighted by Crippen LogP contribution is 2.31. The highest BCUT2D eigenvalue weighted by Gasteiger charge is 2.33. The zero-order valence-corrected chi connectivity index (χ0v) is 17.9. The summed E-state index contributed by atoms with van der Waals surface area (Å²) in [5.74, 6) is 2.57. The summed E-state index contributed by atoms with van der Waals surface area (Å²) in [6.45, 7) is 3.89. The summed E-state index contributed by atoms with van der Waals surface area (Å²) >= 11 is 5.54. The Morgan fingerprint density at radius 3 is 2.69 bits per heavy atom. The summed E-state index contributed by atoms with van der Waals surface area (Å²) in [7, 11) is 3.42. The first-order valence-corrected chi connectivity index (χ1v) is 10.3. The van der Waals surface area contributed by atoms with E-state index in [1.807, 2.05) is 16.8 Å². The highest BCUT2D eigenvalue weighted by molar-refractivity contribution is 7.71. The van der Waals surface area contributed by atoms with E-state index >= 15 is 0 Å². The first-order valence-electron chi connectivity index (χ1n) is 9.89. The summed E-state index contributed by atoms with van der Waals surface area (Å²) in [5, 5.41) is 3.39. The topological polar surface area (TPSA) is 56.5 Å². The molecular weight excluding hydrogens is 384 g/mol. The number of hydrogen-bond donors (Lipinski definition) is 2. The number of nitrogens with one attached hydrogen (secondary N) is 2. The van der Waals surface area contributed by atoms with Crippen molar-refractivity contribution >= 4 is 12.2 Å². The van der Waals surface area contributed by atoms with Gasteiger partial charge >= 0.3 is 0 Å². The van der Waals surface area contributed by atoms with Crippen LogP contribution in [0.4, 0.5) is 0 Å². The van der Waals surface area contributed by atoms with Crippen molar-refractivity contribution in [3.05, 3.63) is 58.4 Å². The number of ether oxygens (including phenoxy) is 2. The van der Waals surface area contributed by atoms with Crippen molar-refractivity contribution in [1.82, 2.24) is 14.8 Å². The smallest absolute Gasteiger partial charge is 0.221 e. The summed E-state index contributed by atoms with van der Waals surface area (Å²) in [4.78, 5) is 6.01. The van der Waals surface area contributed by atoms with Crippen LogP contribution in [0.2, 0.25) is 0 Å². The van der Waals surface area contributed by atoms with Crippen molar-refractivity contribution in [2.45, 2.75) is 32.5 Å². The third kappa shape index (κ3) is 4.06. The van der Waals surface area contributed by atoms with Gasteiger partial charge in [0.1, 0.15) is 17.5 Å². The standard InChI is InChI=1S/C22H26N4O2S/c1-15-6-8-16(9-7-15)21-23-22(29)26(24-21)14-25-12-4-5-19(25)18-13-17(27-2)10-11-20(18)28-3/h6-11,13,19H,4-5,12,14H2,1-3H3,(H,23,24,29)/p+1/t19-/m1/s1. The minimum Gasteiger partial charge on any atom is -0.497 e. The molecule has 0 aliphatic carbocycles. The number of quaternary nitrogens is 1. The van der Waals surface area contributed by atoms with Crippen molar-refractivity contribution in [2.75, 3.05) is 20.8 Å². The van der Waals surface area contributed by atoms with E-state index in [1.54, 1.807) is 14.2 Å². The molecule has 0 amide bonds. The third-order valence-corrected chi connectivity index (χ3v) is 5.97. The molecule has 4 rings (SSSR count). The van der Waals surface area contributed by atoms with Crippen LogP contribution in [0.1, 0.15) is 30.0 Å². The lowest BCUT2D eigenvalue weighted by Crippen LogP contribution is -3.09. The second kappa shape index (κ2) is 8.39. The highest BCUT2D eigenvalue weighted by atomic mass is 32.1. The molecule has 0 saturated carbocycles. The van der Waals surface area contributed by atoms with E-state index in [0.29, 0.717) is 10.8 Å². The molecule has 29 heavy (non-hydrogen) atoms. The molecule has 1 fully saturated rings. The number of H-pyrrole nitrogens is 1. The number of aromatic amines is 1. The summed E-state index contributed by atoms with van der Waals surface area (Å²) in [6, 6.07) is 14.7. The van der Waals surface area contributed by atoms with Gasteiger partial charge in [-0.15, -0.1) is 0 Å². The molecule has 2 heterocycles. The van der Waals surface area contributed by atoms with Crippen LogP contribution in [-0.2, 0) is 6.67 Å². The molecule has 1 unspecified atom stereocenters. The largest absolute Gasteiger partial charge is 0.497 e. The summed E-state index contributed by atoms with van der Waals surface area (Å²) in [5.41, 5.74) is 3.45. The summed E-state index contributed by atoms with van der Waals surface area (Å²) in [6.07, 6.45) is 2.26. The molecule has 0 bridgehead atoms. The molecule has 2 N–H and O–H groups in total. The lowest BCUT2D eigenvalue weighted by atomic mass is 10.0. The zero-order chi connectivity index (χ0) is 20.4. The van der Waals surface area contributed by atoms with E-state index in [2.05, 4.69) is 47.3 Å². The molecule has 1 saturated heterocycles. The van der Waals surface area contributed by atoms with E-state index < -0.39 is 0 Å². The van der Waals surface area contributed by atoms with Gasteiger partial charge in [-0.1, -0.05) is 29.8 Å². The van der Waals surface area contributed by atoms with Crippen molar-refractivity contribution in [3.8, 4) is 22.9 Å². The molecule has 1 aliphatic heterocycles. The van der Waals surface area contributed by atoms with Crippen LogP contribution in [0.5, 0.6) is 11.5 Å². The maximum Gasteiger partial charge on any atom is 0.221 e. The van der Waals surface area contributed by atoms with Gasteiger partial charge in [-0.3, -0.25) is 5.10 Å². The number of nitrogens with zero attached hydrogens (tertiary/aromatic N) is 2. The molecule has 7 heteroatoms. The number of methoxy groups -OCH3 is 2. The normalized spacial score (nSPS) is 18.7. The van der Waals surface area contributed by atoms with E-state index in [0.717, 1.165) is 48.9 Å². The van der Waals surface area contributed by atoms with E-state index in [-0.39, 0.29) is 0 Å². The number of aromatic nitrogens is 3. The summed E-state index contributed by atoms with van der Waals surface area (Å²) < 4.78 is 13.6. The number of rotatable bonds is 6.